The highest BCUT2D eigenvalue weighted by Gasteiger charge is 2.05. The quantitative estimate of drug-likeness (QED) is 0.867. The summed E-state index contributed by atoms with van der Waals surface area (Å²) in [4.78, 5) is 0. The first-order chi connectivity index (χ1) is 5.75. The topological polar surface area (TPSA) is 35.2 Å². The summed E-state index contributed by atoms with van der Waals surface area (Å²) in [5, 5.41) is 0. The maximum absolute atomic E-state index is 13.1. The Labute approximate surface area is 78.6 Å². The fraction of sp³-hybridized carbons (Fsp3) is 0.250. The average Bonchev–Trinajstić information content (AvgIpc) is 2.08. The van der Waals surface area contributed by atoms with E-state index in [1.54, 1.807) is 18.2 Å². The minimum absolute atomic E-state index is 0.231. The molecule has 0 spiro atoms. The molecule has 2 nitrogen and oxygen atoms in total. The van der Waals surface area contributed by atoms with Crippen LogP contribution in [-0.2, 0) is 0 Å². The van der Waals surface area contributed by atoms with Gasteiger partial charge in [0.25, 0.3) is 0 Å². The summed E-state index contributed by atoms with van der Waals surface area (Å²) in [5.41, 5.74) is 5.21. The van der Waals surface area contributed by atoms with Crippen LogP contribution in [0.25, 0.3) is 0 Å². The molecule has 0 bridgehead atoms. The number of hydrogen-bond acceptors (Lipinski definition) is 2. The third kappa shape index (κ3) is 2.19. The molecule has 0 aliphatic heterocycles. The highest BCUT2D eigenvalue weighted by Crippen LogP contribution is 2.24. The molecule has 4 heteroatoms. The van der Waals surface area contributed by atoms with Crippen LogP contribution in [0.1, 0.15) is 0 Å². The molecule has 0 aliphatic carbocycles. The molecule has 0 saturated carbocycles. The van der Waals surface area contributed by atoms with Crippen LogP contribution in [0, 0.1) is 5.82 Å². The Hall–Kier alpha value is -0.610. The van der Waals surface area contributed by atoms with E-state index in [2.05, 4.69) is 15.9 Å². The van der Waals surface area contributed by atoms with Gasteiger partial charge in [0.2, 0.25) is 0 Å². The Balaban J connectivity index is 2.78. The average molecular weight is 234 g/mol. The predicted octanol–water partition coefficient (Wildman–Crippen LogP) is 1.93. The maximum Gasteiger partial charge on any atom is 0.179 e. The molecule has 0 unspecified atom stereocenters. The normalized spacial score (nSPS) is 9.92. The van der Waals surface area contributed by atoms with Crippen molar-refractivity contribution in [3.63, 3.8) is 0 Å². The summed E-state index contributed by atoms with van der Waals surface area (Å²) in [6, 6.07) is 4.89. The fourth-order valence-corrected chi connectivity index (χ4v) is 1.11. The van der Waals surface area contributed by atoms with Crippen molar-refractivity contribution in [2.45, 2.75) is 0 Å². The second kappa shape index (κ2) is 4.42. The minimum Gasteiger partial charge on any atom is -0.489 e. The molecule has 0 aliphatic rings. The first-order valence-electron chi connectivity index (χ1n) is 3.52. The van der Waals surface area contributed by atoms with Crippen molar-refractivity contribution in [2.24, 2.45) is 5.73 Å². The van der Waals surface area contributed by atoms with Crippen LogP contribution in [-0.4, -0.2) is 13.2 Å². The molecule has 1 rings (SSSR count). The SMILES string of the molecule is NCCOc1cccc(Br)c1F. The summed E-state index contributed by atoms with van der Waals surface area (Å²) < 4.78 is 18.5. The van der Waals surface area contributed by atoms with Crippen molar-refractivity contribution >= 4 is 15.9 Å². The lowest BCUT2D eigenvalue weighted by atomic mass is 10.3. The number of hydrogen-bond donors (Lipinski definition) is 1. The number of ether oxygens (including phenoxy) is 1. The lowest BCUT2D eigenvalue weighted by Crippen LogP contribution is -2.11. The Morgan fingerprint density at radius 2 is 2.25 bits per heavy atom. The summed E-state index contributed by atoms with van der Waals surface area (Å²) in [7, 11) is 0. The van der Waals surface area contributed by atoms with E-state index < -0.39 is 0 Å². The van der Waals surface area contributed by atoms with Crippen LogP contribution < -0.4 is 10.5 Å². The van der Waals surface area contributed by atoms with Gasteiger partial charge in [0.15, 0.2) is 11.6 Å². The highest BCUT2D eigenvalue weighted by atomic mass is 79.9. The number of nitrogens with two attached hydrogens (primary N) is 1. The van der Waals surface area contributed by atoms with Gasteiger partial charge in [0.1, 0.15) is 6.61 Å². The molecule has 2 N–H and O–H groups in total. The van der Waals surface area contributed by atoms with E-state index in [0.717, 1.165) is 0 Å². The minimum atomic E-state index is -0.383. The van der Waals surface area contributed by atoms with Crippen molar-refractivity contribution < 1.29 is 9.13 Å². The van der Waals surface area contributed by atoms with E-state index in [4.69, 9.17) is 10.5 Å². The van der Waals surface area contributed by atoms with Crippen LogP contribution in [0.3, 0.4) is 0 Å². The zero-order chi connectivity index (χ0) is 8.97. The van der Waals surface area contributed by atoms with Crippen molar-refractivity contribution in [1.29, 1.82) is 0 Å². The summed E-state index contributed by atoms with van der Waals surface area (Å²) in [6.07, 6.45) is 0. The first-order valence-corrected chi connectivity index (χ1v) is 4.32. The number of halogens is 2. The molecular formula is C8H9BrFNO. The summed E-state index contributed by atoms with van der Waals surface area (Å²) in [6.45, 7) is 0.708. The van der Waals surface area contributed by atoms with E-state index in [0.29, 0.717) is 17.6 Å². The molecule has 0 saturated heterocycles. The zero-order valence-corrected chi connectivity index (χ0v) is 7.97. The maximum atomic E-state index is 13.1. The van der Waals surface area contributed by atoms with Gasteiger partial charge in [-0.3, -0.25) is 0 Å². The van der Waals surface area contributed by atoms with Gasteiger partial charge in [-0.15, -0.1) is 0 Å². The smallest absolute Gasteiger partial charge is 0.179 e. The zero-order valence-electron chi connectivity index (χ0n) is 6.39. The molecule has 66 valence electrons. The molecular weight excluding hydrogens is 225 g/mol. The molecule has 0 radical (unpaired) electrons. The summed E-state index contributed by atoms with van der Waals surface area (Å²) in [5.74, 6) is -0.152. The van der Waals surface area contributed by atoms with E-state index in [1.807, 2.05) is 0 Å². The largest absolute Gasteiger partial charge is 0.489 e. The van der Waals surface area contributed by atoms with Crippen molar-refractivity contribution in [3.8, 4) is 5.75 Å². The van der Waals surface area contributed by atoms with E-state index in [1.165, 1.54) is 0 Å². The number of benzene rings is 1. The Bertz CT molecular complexity index is 267. The fourth-order valence-electron chi connectivity index (χ4n) is 0.764. The van der Waals surface area contributed by atoms with Gasteiger partial charge in [-0.25, -0.2) is 4.39 Å². The highest BCUT2D eigenvalue weighted by molar-refractivity contribution is 9.10. The predicted molar refractivity (Wildman–Crippen MR) is 48.6 cm³/mol. The molecule has 0 amide bonds. The lowest BCUT2D eigenvalue weighted by molar-refractivity contribution is 0.310. The van der Waals surface area contributed by atoms with Crippen LogP contribution in [0.15, 0.2) is 22.7 Å². The van der Waals surface area contributed by atoms with Crippen molar-refractivity contribution in [3.05, 3.63) is 28.5 Å². The van der Waals surface area contributed by atoms with E-state index in [9.17, 15) is 4.39 Å². The van der Waals surface area contributed by atoms with Crippen LogP contribution in [0.5, 0.6) is 5.75 Å². The van der Waals surface area contributed by atoms with Gasteiger partial charge < -0.3 is 10.5 Å². The Morgan fingerprint density at radius 3 is 2.92 bits per heavy atom. The second-order valence-electron chi connectivity index (χ2n) is 2.19. The third-order valence-corrected chi connectivity index (χ3v) is 1.90. The Kier molecular flexibility index (Phi) is 3.49. The second-order valence-corrected chi connectivity index (χ2v) is 3.04. The standard InChI is InChI=1S/C8H9BrFNO/c9-6-2-1-3-7(8(6)10)12-5-4-11/h1-3H,4-5,11H2. The van der Waals surface area contributed by atoms with E-state index in [-0.39, 0.29) is 11.6 Å². The van der Waals surface area contributed by atoms with Crippen LogP contribution >= 0.6 is 15.9 Å². The molecule has 0 atom stereocenters. The Morgan fingerprint density at radius 1 is 1.50 bits per heavy atom. The monoisotopic (exact) mass is 233 g/mol. The first kappa shape index (κ1) is 9.48. The van der Waals surface area contributed by atoms with Gasteiger partial charge in [-0.1, -0.05) is 6.07 Å². The molecule has 1 aromatic rings. The molecule has 0 aromatic heterocycles. The van der Waals surface area contributed by atoms with Gasteiger partial charge in [0, 0.05) is 6.54 Å². The van der Waals surface area contributed by atoms with Crippen LogP contribution in [0.4, 0.5) is 4.39 Å². The molecule has 0 fully saturated rings. The van der Waals surface area contributed by atoms with Gasteiger partial charge in [0.05, 0.1) is 4.47 Å². The van der Waals surface area contributed by atoms with Gasteiger partial charge >= 0.3 is 0 Å². The molecule has 0 heterocycles. The van der Waals surface area contributed by atoms with Crippen LogP contribution in [0.2, 0.25) is 0 Å². The van der Waals surface area contributed by atoms with E-state index >= 15 is 0 Å². The number of rotatable bonds is 3. The van der Waals surface area contributed by atoms with Crippen molar-refractivity contribution in [1.82, 2.24) is 0 Å². The van der Waals surface area contributed by atoms with Crippen molar-refractivity contribution in [2.75, 3.05) is 13.2 Å². The third-order valence-electron chi connectivity index (χ3n) is 1.29. The van der Waals surface area contributed by atoms with Gasteiger partial charge in [-0.05, 0) is 28.1 Å². The lowest BCUT2D eigenvalue weighted by Gasteiger charge is -2.05. The molecule has 12 heavy (non-hydrogen) atoms. The molecule has 1 aromatic carbocycles. The van der Waals surface area contributed by atoms with Gasteiger partial charge in [-0.2, -0.15) is 0 Å². The summed E-state index contributed by atoms with van der Waals surface area (Å²) >= 11 is 3.05.